The Hall–Kier alpha value is -0.690. The summed E-state index contributed by atoms with van der Waals surface area (Å²) in [6.07, 6.45) is 1.54. The smallest absolute Gasteiger partial charge is 0.244 e. The molecule has 7 heteroatoms. The van der Waals surface area contributed by atoms with E-state index in [1.54, 1.807) is 6.92 Å². The molecule has 1 N–H and O–H groups in total. The van der Waals surface area contributed by atoms with Crippen LogP contribution in [0.1, 0.15) is 19.8 Å². The van der Waals surface area contributed by atoms with Crippen molar-refractivity contribution in [3.05, 3.63) is 29.0 Å². The standard InChI is InChI=1S/C13H18ClFN2O2S/c1-2-17(11-5-7-16-8-6-11)20(18,19)13-4-3-10(15)9-12(13)14/h3-4,9,11,16H,2,5-8H2,1H3. The lowest BCUT2D eigenvalue weighted by molar-refractivity contribution is 0.271. The molecule has 1 aromatic rings. The Morgan fingerprint density at radius 3 is 2.60 bits per heavy atom. The second kappa shape index (κ2) is 6.39. The number of sulfonamides is 1. The third-order valence-corrected chi connectivity index (χ3v) is 6.02. The van der Waals surface area contributed by atoms with E-state index in [9.17, 15) is 12.8 Å². The van der Waals surface area contributed by atoms with Crippen LogP contribution in [-0.4, -0.2) is 38.4 Å². The first-order valence-electron chi connectivity index (χ1n) is 6.64. The highest BCUT2D eigenvalue weighted by Gasteiger charge is 2.32. The molecule has 1 aliphatic rings. The van der Waals surface area contributed by atoms with Crippen molar-refractivity contribution >= 4 is 21.6 Å². The third-order valence-electron chi connectivity index (χ3n) is 3.51. The van der Waals surface area contributed by atoms with Gasteiger partial charge in [0.05, 0.1) is 5.02 Å². The second-order valence-corrected chi connectivity index (χ2v) is 7.03. The summed E-state index contributed by atoms with van der Waals surface area (Å²) in [5.74, 6) is -0.543. The van der Waals surface area contributed by atoms with Crippen molar-refractivity contribution in [3.8, 4) is 0 Å². The summed E-state index contributed by atoms with van der Waals surface area (Å²) >= 11 is 5.90. The van der Waals surface area contributed by atoms with Crippen molar-refractivity contribution in [1.82, 2.24) is 9.62 Å². The molecule has 0 bridgehead atoms. The van der Waals surface area contributed by atoms with E-state index in [2.05, 4.69) is 5.32 Å². The van der Waals surface area contributed by atoms with Crippen LogP contribution in [0.5, 0.6) is 0 Å². The van der Waals surface area contributed by atoms with E-state index in [0.717, 1.165) is 38.1 Å². The van der Waals surface area contributed by atoms with Crippen molar-refractivity contribution in [2.45, 2.75) is 30.7 Å². The summed E-state index contributed by atoms with van der Waals surface area (Å²) in [5.41, 5.74) is 0. The zero-order valence-electron chi connectivity index (χ0n) is 11.3. The van der Waals surface area contributed by atoms with Crippen LogP contribution in [-0.2, 0) is 10.0 Å². The van der Waals surface area contributed by atoms with Crippen molar-refractivity contribution in [2.24, 2.45) is 0 Å². The van der Waals surface area contributed by atoms with E-state index >= 15 is 0 Å². The fraction of sp³-hybridized carbons (Fsp3) is 0.538. The van der Waals surface area contributed by atoms with Gasteiger partial charge >= 0.3 is 0 Å². The summed E-state index contributed by atoms with van der Waals surface area (Å²) in [5, 5.41) is 3.13. The van der Waals surface area contributed by atoms with Gasteiger partial charge < -0.3 is 5.32 Å². The Morgan fingerprint density at radius 2 is 2.05 bits per heavy atom. The number of nitrogens with zero attached hydrogens (tertiary/aromatic N) is 1. The van der Waals surface area contributed by atoms with Gasteiger partial charge in [0.1, 0.15) is 10.7 Å². The second-order valence-electron chi connectivity index (χ2n) is 4.76. The molecule has 1 heterocycles. The number of rotatable bonds is 4. The zero-order chi connectivity index (χ0) is 14.8. The highest BCUT2D eigenvalue weighted by molar-refractivity contribution is 7.89. The first kappa shape index (κ1) is 15.7. The average molecular weight is 321 g/mol. The summed E-state index contributed by atoms with van der Waals surface area (Å²) in [4.78, 5) is -0.0269. The summed E-state index contributed by atoms with van der Waals surface area (Å²) in [6.45, 7) is 3.78. The highest BCUT2D eigenvalue weighted by Crippen LogP contribution is 2.28. The van der Waals surface area contributed by atoms with Crippen LogP contribution >= 0.6 is 11.6 Å². The van der Waals surface area contributed by atoms with E-state index in [1.165, 1.54) is 10.4 Å². The van der Waals surface area contributed by atoms with Crippen LogP contribution in [0, 0.1) is 5.82 Å². The molecule has 1 aromatic carbocycles. The number of hydrogen-bond acceptors (Lipinski definition) is 3. The molecule has 20 heavy (non-hydrogen) atoms. The Kier molecular flexibility index (Phi) is 5.01. The summed E-state index contributed by atoms with van der Waals surface area (Å²) in [7, 11) is -3.69. The molecule has 0 unspecified atom stereocenters. The fourth-order valence-electron chi connectivity index (χ4n) is 2.53. The minimum atomic E-state index is -3.69. The molecule has 0 amide bonds. The molecule has 1 fully saturated rings. The van der Waals surface area contributed by atoms with E-state index in [4.69, 9.17) is 11.6 Å². The van der Waals surface area contributed by atoms with Gasteiger partial charge in [0.2, 0.25) is 10.0 Å². The van der Waals surface area contributed by atoms with Gasteiger partial charge in [0, 0.05) is 12.6 Å². The Balaban J connectivity index is 2.35. The Bertz CT molecular complexity index is 574. The molecule has 0 spiro atoms. The number of piperidine rings is 1. The minimum absolute atomic E-state index is 0.0269. The predicted molar refractivity (Wildman–Crippen MR) is 76.9 cm³/mol. The molecule has 0 aliphatic carbocycles. The number of nitrogens with one attached hydrogen (secondary N) is 1. The third kappa shape index (κ3) is 3.14. The van der Waals surface area contributed by atoms with Crippen LogP contribution in [0.25, 0.3) is 0 Å². The lowest BCUT2D eigenvalue weighted by atomic mass is 10.1. The van der Waals surface area contributed by atoms with Crippen molar-refractivity contribution in [2.75, 3.05) is 19.6 Å². The van der Waals surface area contributed by atoms with E-state index in [1.807, 2.05) is 0 Å². The van der Waals surface area contributed by atoms with Crippen LogP contribution < -0.4 is 5.32 Å². The van der Waals surface area contributed by atoms with Gasteiger partial charge in [-0.15, -0.1) is 0 Å². The molecule has 0 atom stereocenters. The molecule has 1 aliphatic heterocycles. The van der Waals surface area contributed by atoms with Crippen LogP contribution in [0.3, 0.4) is 0 Å². The molecule has 2 rings (SSSR count). The van der Waals surface area contributed by atoms with Gasteiger partial charge in [-0.2, -0.15) is 4.31 Å². The molecule has 1 saturated heterocycles. The van der Waals surface area contributed by atoms with E-state index in [-0.39, 0.29) is 16.0 Å². The number of halogens is 2. The molecular formula is C13H18ClFN2O2S. The van der Waals surface area contributed by atoms with Crippen LogP contribution in [0.4, 0.5) is 4.39 Å². The Morgan fingerprint density at radius 1 is 1.40 bits per heavy atom. The van der Waals surface area contributed by atoms with Crippen LogP contribution in [0.2, 0.25) is 5.02 Å². The van der Waals surface area contributed by atoms with Gasteiger partial charge in [-0.25, -0.2) is 12.8 Å². The predicted octanol–water partition coefficient (Wildman–Crippen LogP) is 2.24. The zero-order valence-corrected chi connectivity index (χ0v) is 12.8. The first-order chi connectivity index (χ1) is 9.46. The summed E-state index contributed by atoms with van der Waals surface area (Å²) < 4.78 is 39.9. The van der Waals surface area contributed by atoms with E-state index < -0.39 is 15.8 Å². The lowest BCUT2D eigenvalue weighted by Crippen LogP contribution is -2.46. The molecular weight excluding hydrogens is 303 g/mol. The van der Waals surface area contributed by atoms with E-state index in [0.29, 0.717) is 6.54 Å². The SMILES string of the molecule is CCN(C1CCNCC1)S(=O)(=O)c1ccc(F)cc1Cl. The maximum atomic E-state index is 13.1. The Labute approximate surface area is 124 Å². The largest absolute Gasteiger partial charge is 0.317 e. The first-order valence-corrected chi connectivity index (χ1v) is 8.46. The van der Waals surface area contributed by atoms with Crippen molar-refractivity contribution in [3.63, 3.8) is 0 Å². The van der Waals surface area contributed by atoms with Gasteiger partial charge in [-0.05, 0) is 44.1 Å². The van der Waals surface area contributed by atoms with Gasteiger partial charge in [-0.1, -0.05) is 18.5 Å². The highest BCUT2D eigenvalue weighted by atomic mass is 35.5. The van der Waals surface area contributed by atoms with Gasteiger partial charge in [0.15, 0.2) is 0 Å². The van der Waals surface area contributed by atoms with Crippen LogP contribution in [0.15, 0.2) is 23.1 Å². The molecule has 0 aromatic heterocycles. The topological polar surface area (TPSA) is 49.4 Å². The average Bonchev–Trinajstić information content (AvgIpc) is 2.40. The quantitative estimate of drug-likeness (QED) is 0.925. The molecule has 0 saturated carbocycles. The molecule has 112 valence electrons. The minimum Gasteiger partial charge on any atom is -0.317 e. The maximum Gasteiger partial charge on any atom is 0.244 e. The number of benzene rings is 1. The summed E-state index contributed by atoms with van der Waals surface area (Å²) in [6, 6.07) is 3.35. The fourth-order valence-corrected chi connectivity index (χ4v) is 4.73. The maximum absolute atomic E-state index is 13.1. The molecule has 4 nitrogen and oxygen atoms in total. The lowest BCUT2D eigenvalue weighted by Gasteiger charge is -2.33. The van der Waals surface area contributed by atoms with Crippen molar-refractivity contribution < 1.29 is 12.8 Å². The molecule has 0 radical (unpaired) electrons. The normalized spacial score (nSPS) is 17.6. The van der Waals surface area contributed by atoms with Gasteiger partial charge in [-0.3, -0.25) is 0 Å². The number of hydrogen-bond donors (Lipinski definition) is 1. The van der Waals surface area contributed by atoms with Gasteiger partial charge in [0.25, 0.3) is 0 Å². The monoisotopic (exact) mass is 320 g/mol. The van der Waals surface area contributed by atoms with Crippen molar-refractivity contribution in [1.29, 1.82) is 0 Å².